The predicted molar refractivity (Wildman–Crippen MR) is 44.4 cm³/mol. The summed E-state index contributed by atoms with van der Waals surface area (Å²) in [6.07, 6.45) is 1.74. The second-order valence-corrected chi connectivity index (χ2v) is 2.48. The average Bonchev–Trinajstić information content (AvgIpc) is 2.33. The lowest BCUT2D eigenvalue weighted by Crippen LogP contribution is -1.81. The number of nitrogens with two attached hydrogens (primary N) is 1. The summed E-state index contributed by atoms with van der Waals surface area (Å²) in [5.74, 6) is 0.173. The molecule has 0 spiro atoms. The van der Waals surface area contributed by atoms with Gasteiger partial charge >= 0.3 is 0 Å². The normalized spacial score (nSPS) is 10.5. The van der Waals surface area contributed by atoms with Gasteiger partial charge in [0.15, 0.2) is 5.88 Å². The molecule has 0 amide bonds. The summed E-state index contributed by atoms with van der Waals surface area (Å²) in [5, 5.41) is 11.0. The van der Waals surface area contributed by atoms with Gasteiger partial charge in [0.2, 0.25) is 0 Å². The van der Waals surface area contributed by atoms with Crippen LogP contribution < -0.4 is 5.73 Å². The van der Waals surface area contributed by atoms with Crippen molar-refractivity contribution in [2.45, 2.75) is 0 Å². The number of hydrogen-bond acceptors (Lipinski definition) is 2. The largest absolute Gasteiger partial charge is 0.494 e. The van der Waals surface area contributed by atoms with Crippen LogP contribution in [0.25, 0.3) is 10.8 Å². The number of H-pyrrole nitrogens is 1. The van der Waals surface area contributed by atoms with E-state index in [-0.39, 0.29) is 5.88 Å². The van der Waals surface area contributed by atoms with Gasteiger partial charge in [0.05, 0.1) is 0 Å². The van der Waals surface area contributed by atoms with Crippen molar-refractivity contribution >= 4 is 16.5 Å². The Labute approximate surface area is 63.5 Å². The van der Waals surface area contributed by atoms with Crippen LogP contribution in [-0.4, -0.2) is 10.1 Å². The number of fused-ring (bicyclic) bond motifs is 1. The molecule has 0 aliphatic carbocycles. The van der Waals surface area contributed by atoms with E-state index in [1.807, 2.05) is 6.07 Å². The molecule has 2 rings (SSSR count). The van der Waals surface area contributed by atoms with Crippen LogP contribution in [0.5, 0.6) is 5.88 Å². The molecule has 0 bridgehead atoms. The van der Waals surface area contributed by atoms with E-state index >= 15 is 0 Å². The molecule has 0 aliphatic rings. The monoisotopic (exact) mass is 148 g/mol. The van der Waals surface area contributed by atoms with Gasteiger partial charge in [-0.15, -0.1) is 0 Å². The Hall–Kier alpha value is -1.64. The summed E-state index contributed by atoms with van der Waals surface area (Å²) in [6, 6.07) is 5.40. The number of rotatable bonds is 0. The molecule has 0 fully saturated rings. The highest BCUT2D eigenvalue weighted by atomic mass is 16.3. The Bertz CT molecular complexity index is 392. The van der Waals surface area contributed by atoms with Crippen LogP contribution in [0.15, 0.2) is 24.4 Å². The summed E-state index contributed by atoms with van der Waals surface area (Å²) in [7, 11) is 0. The van der Waals surface area contributed by atoms with Gasteiger partial charge in [-0.2, -0.15) is 0 Å². The number of benzene rings is 1. The fourth-order valence-corrected chi connectivity index (χ4v) is 1.13. The fourth-order valence-electron chi connectivity index (χ4n) is 1.13. The number of nitrogen functional groups attached to an aromatic ring is 1. The molecule has 0 atom stereocenters. The van der Waals surface area contributed by atoms with Crippen LogP contribution in [0.4, 0.5) is 5.69 Å². The lowest BCUT2D eigenvalue weighted by atomic mass is 10.2. The zero-order chi connectivity index (χ0) is 7.84. The van der Waals surface area contributed by atoms with Crippen LogP contribution in [0.2, 0.25) is 0 Å². The van der Waals surface area contributed by atoms with Gasteiger partial charge in [0.25, 0.3) is 0 Å². The van der Waals surface area contributed by atoms with Crippen LogP contribution >= 0.6 is 0 Å². The first-order valence-electron chi connectivity index (χ1n) is 3.33. The summed E-state index contributed by atoms with van der Waals surface area (Å²) in [5.41, 5.74) is 6.19. The second-order valence-electron chi connectivity index (χ2n) is 2.48. The van der Waals surface area contributed by atoms with Gasteiger partial charge in [0.1, 0.15) is 0 Å². The van der Waals surface area contributed by atoms with Crippen molar-refractivity contribution in [3.63, 3.8) is 0 Å². The summed E-state index contributed by atoms with van der Waals surface area (Å²) < 4.78 is 0. The van der Waals surface area contributed by atoms with Gasteiger partial charge in [-0.05, 0) is 12.1 Å². The number of aromatic amines is 1. The standard InChI is InChI=1S/C8H8N2O/c9-6-2-1-5-4-10-8(11)7(5)3-6/h1-4,10-11H,9H2. The summed E-state index contributed by atoms with van der Waals surface area (Å²) in [6.45, 7) is 0. The predicted octanol–water partition coefficient (Wildman–Crippen LogP) is 1.46. The number of nitrogens with one attached hydrogen (secondary N) is 1. The topological polar surface area (TPSA) is 62.0 Å². The molecule has 11 heavy (non-hydrogen) atoms. The van der Waals surface area contributed by atoms with Crippen molar-refractivity contribution in [2.75, 3.05) is 5.73 Å². The molecule has 0 radical (unpaired) electrons. The molecule has 1 aromatic heterocycles. The molecule has 1 heterocycles. The highest BCUT2D eigenvalue weighted by molar-refractivity contribution is 5.89. The zero-order valence-corrected chi connectivity index (χ0v) is 5.83. The van der Waals surface area contributed by atoms with Gasteiger partial charge < -0.3 is 15.8 Å². The maximum Gasteiger partial charge on any atom is 0.196 e. The van der Waals surface area contributed by atoms with Crippen molar-refractivity contribution in [1.29, 1.82) is 0 Å². The number of aromatic nitrogens is 1. The third-order valence-electron chi connectivity index (χ3n) is 1.70. The highest BCUT2D eigenvalue weighted by Crippen LogP contribution is 2.24. The molecule has 2 aromatic rings. The van der Waals surface area contributed by atoms with Crippen LogP contribution in [0.1, 0.15) is 0 Å². The van der Waals surface area contributed by atoms with E-state index in [1.54, 1.807) is 18.3 Å². The van der Waals surface area contributed by atoms with Crippen molar-refractivity contribution in [2.24, 2.45) is 0 Å². The first kappa shape index (κ1) is 6.09. The molecule has 1 aromatic carbocycles. The fraction of sp³-hybridized carbons (Fsp3) is 0. The number of anilines is 1. The molecule has 3 nitrogen and oxygen atoms in total. The molecule has 0 saturated heterocycles. The molecule has 4 N–H and O–H groups in total. The Morgan fingerprint density at radius 1 is 1.36 bits per heavy atom. The zero-order valence-electron chi connectivity index (χ0n) is 5.83. The SMILES string of the molecule is Nc1ccc2c[nH]c(O)c2c1. The van der Waals surface area contributed by atoms with Gasteiger partial charge in [0, 0.05) is 22.7 Å². The first-order chi connectivity index (χ1) is 5.27. The van der Waals surface area contributed by atoms with Crippen molar-refractivity contribution in [1.82, 2.24) is 4.98 Å². The van der Waals surface area contributed by atoms with Crippen molar-refractivity contribution in [3.8, 4) is 5.88 Å². The van der Waals surface area contributed by atoms with E-state index in [0.29, 0.717) is 5.69 Å². The Kier molecular flexibility index (Phi) is 1.06. The van der Waals surface area contributed by atoms with E-state index in [4.69, 9.17) is 5.73 Å². The quantitative estimate of drug-likeness (QED) is 0.495. The molecule has 0 saturated carbocycles. The highest BCUT2D eigenvalue weighted by Gasteiger charge is 2.00. The van der Waals surface area contributed by atoms with Crippen LogP contribution in [0.3, 0.4) is 0 Å². The molecule has 0 unspecified atom stereocenters. The van der Waals surface area contributed by atoms with Crippen LogP contribution in [-0.2, 0) is 0 Å². The van der Waals surface area contributed by atoms with E-state index in [0.717, 1.165) is 10.8 Å². The van der Waals surface area contributed by atoms with Gasteiger partial charge in [-0.25, -0.2) is 0 Å². The summed E-state index contributed by atoms with van der Waals surface area (Å²) >= 11 is 0. The molecule has 56 valence electrons. The van der Waals surface area contributed by atoms with Crippen molar-refractivity contribution < 1.29 is 5.11 Å². The maximum atomic E-state index is 9.22. The Balaban J connectivity index is 2.87. The molecule has 0 aliphatic heterocycles. The lowest BCUT2D eigenvalue weighted by Gasteiger charge is -1.92. The molecular formula is C8H8N2O. The smallest absolute Gasteiger partial charge is 0.196 e. The minimum absolute atomic E-state index is 0.173. The Morgan fingerprint density at radius 3 is 3.00 bits per heavy atom. The number of hydrogen-bond donors (Lipinski definition) is 3. The minimum atomic E-state index is 0.173. The Morgan fingerprint density at radius 2 is 2.18 bits per heavy atom. The maximum absolute atomic E-state index is 9.22. The summed E-state index contributed by atoms with van der Waals surface area (Å²) in [4.78, 5) is 2.70. The first-order valence-corrected chi connectivity index (χ1v) is 3.33. The van der Waals surface area contributed by atoms with Crippen LogP contribution in [0, 0.1) is 0 Å². The molecular weight excluding hydrogens is 140 g/mol. The molecule has 3 heteroatoms. The van der Waals surface area contributed by atoms with Crippen molar-refractivity contribution in [3.05, 3.63) is 24.4 Å². The van der Waals surface area contributed by atoms with Gasteiger partial charge in [-0.1, -0.05) is 6.07 Å². The third-order valence-corrected chi connectivity index (χ3v) is 1.70. The van der Waals surface area contributed by atoms with Gasteiger partial charge in [-0.3, -0.25) is 0 Å². The second kappa shape index (κ2) is 1.92. The average molecular weight is 148 g/mol. The van der Waals surface area contributed by atoms with E-state index in [2.05, 4.69) is 4.98 Å². The lowest BCUT2D eigenvalue weighted by molar-refractivity contribution is 0.462. The van der Waals surface area contributed by atoms with E-state index in [1.165, 1.54) is 0 Å². The third kappa shape index (κ3) is 0.816. The minimum Gasteiger partial charge on any atom is -0.494 e. The van der Waals surface area contributed by atoms with E-state index in [9.17, 15) is 5.11 Å². The van der Waals surface area contributed by atoms with E-state index < -0.39 is 0 Å². The number of aromatic hydroxyl groups is 1.